The van der Waals surface area contributed by atoms with Gasteiger partial charge in [0, 0.05) is 31.2 Å². The Bertz CT molecular complexity index is 913. The second-order valence-corrected chi connectivity index (χ2v) is 7.29. The highest BCUT2D eigenvalue weighted by atomic mass is 19.1. The van der Waals surface area contributed by atoms with Gasteiger partial charge in [0.15, 0.2) is 0 Å². The number of nitrogens with zero attached hydrogens (tertiary/aromatic N) is 3. The molecule has 1 N–H and O–H groups in total. The van der Waals surface area contributed by atoms with Gasteiger partial charge < -0.3 is 24.6 Å². The first-order valence-electron chi connectivity index (χ1n) is 9.83. The molecule has 0 bridgehead atoms. The van der Waals surface area contributed by atoms with Crippen LogP contribution in [0.3, 0.4) is 0 Å². The van der Waals surface area contributed by atoms with Crippen LogP contribution in [0.5, 0.6) is 0 Å². The normalized spacial score (nSPS) is 21.9. The minimum absolute atomic E-state index is 0.158. The maximum absolute atomic E-state index is 13.4. The van der Waals surface area contributed by atoms with Gasteiger partial charge in [0.05, 0.1) is 31.9 Å². The van der Waals surface area contributed by atoms with Crippen molar-refractivity contribution in [3.63, 3.8) is 0 Å². The molecule has 1 aromatic carbocycles. The number of aromatic nitrogens is 1. The van der Waals surface area contributed by atoms with Crippen molar-refractivity contribution in [2.75, 3.05) is 44.7 Å². The van der Waals surface area contributed by atoms with Crippen LogP contribution >= 0.6 is 0 Å². The van der Waals surface area contributed by atoms with Crippen molar-refractivity contribution >= 4 is 17.6 Å². The van der Waals surface area contributed by atoms with Crippen LogP contribution < -0.4 is 5.32 Å². The fraction of sp³-hybridized carbons (Fsp3) is 0.381. The Kier molecular flexibility index (Phi) is 5.91. The lowest BCUT2D eigenvalue weighted by Gasteiger charge is -2.43. The van der Waals surface area contributed by atoms with Crippen LogP contribution in [-0.4, -0.2) is 71.9 Å². The Morgan fingerprint density at radius 1 is 1.07 bits per heavy atom. The van der Waals surface area contributed by atoms with Crippen molar-refractivity contribution in [1.82, 2.24) is 14.8 Å². The number of carbonyl (C=O) groups is 2. The third-order valence-electron chi connectivity index (χ3n) is 5.09. The second-order valence-electron chi connectivity index (χ2n) is 7.29. The Labute approximate surface area is 173 Å². The fourth-order valence-electron chi connectivity index (χ4n) is 3.66. The molecule has 0 saturated carbocycles. The molecule has 2 fully saturated rings. The maximum Gasteiger partial charge on any atom is 0.322 e. The summed E-state index contributed by atoms with van der Waals surface area (Å²) in [6.07, 6.45) is 3.76. The van der Waals surface area contributed by atoms with Crippen LogP contribution in [0.1, 0.15) is 16.8 Å². The maximum atomic E-state index is 13.4. The van der Waals surface area contributed by atoms with Crippen LogP contribution in [-0.2, 0) is 9.47 Å². The molecule has 0 aliphatic carbocycles. The molecule has 2 aliphatic rings. The first-order chi connectivity index (χ1) is 14.5. The number of rotatable bonds is 2. The highest BCUT2D eigenvalue weighted by molar-refractivity contribution is 5.94. The van der Waals surface area contributed by atoms with Crippen molar-refractivity contribution in [3.05, 3.63) is 60.2 Å². The molecule has 158 valence electrons. The van der Waals surface area contributed by atoms with E-state index in [1.165, 1.54) is 24.4 Å². The number of hydrogen-bond acceptors (Lipinski definition) is 5. The third-order valence-corrected chi connectivity index (χ3v) is 5.09. The number of urea groups is 1. The van der Waals surface area contributed by atoms with Gasteiger partial charge in [-0.3, -0.25) is 9.78 Å². The Morgan fingerprint density at radius 2 is 1.90 bits per heavy atom. The number of benzene rings is 1. The summed E-state index contributed by atoms with van der Waals surface area (Å²) >= 11 is 0. The lowest BCUT2D eigenvalue weighted by molar-refractivity contribution is -0.258. The molecule has 30 heavy (non-hydrogen) atoms. The second kappa shape index (κ2) is 8.76. The standard InChI is InChI=1S/C21H23FN4O4/c22-17-5-1-6-18(12-17)24-20(28)26-8-3-10-29-21(15-26)14-25(9-11-30-21)19(27)16-4-2-7-23-13-16/h1-2,4-7,12-13H,3,8-11,14-15H2,(H,24,28). The number of nitrogens with one attached hydrogen (secondary N) is 1. The van der Waals surface area contributed by atoms with E-state index in [2.05, 4.69) is 10.3 Å². The number of ether oxygens (including phenoxy) is 2. The minimum Gasteiger partial charge on any atom is -0.347 e. The van der Waals surface area contributed by atoms with Crippen LogP contribution in [0.2, 0.25) is 0 Å². The van der Waals surface area contributed by atoms with Crippen molar-refractivity contribution in [3.8, 4) is 0 Å². The number of anilines is 1. The van der Waals surface area contributed by atoms with Gasteiger partial charge in [-0.2, -0.15) is 0 Å². The van der Waals surface area contributed by atoms with Crippen molar-refractivity contribution < 1.29 is 23.5 Å². The lowest BCUT2D eigenvalue weighted by atomic mass is 10.1. The zero-order chi connectivity index (χ0) is 21.0. The summed E-state index contributed by atoms with van der Waals surface area (Å²) in [6.45, 7) is 1.94. The van der Waals surface area contributed by atoms with Crippen molar-refractivity contribution in [2.24, 2.45) is 0 Å². The van der Waals surface area contributed by atoms with Gasteiger partial charge >= 0.3 is 6.03 Å². The third kappa shape index (κ3) is 4.58. The molecule has 9 heteroatoms. The predicted molar refractivity (Wildman–Crippen MR) is 106 cm³/mol. The zero-order valence-corrected chi connectivity index (χ0v) is 16.4. The largest absolute Gasteiger partial charge is 0.347 e. The number of halogens is 1. The molecule has 3 heterocycles. The van der Waals surface area contributed by atoms with Gasteiger partial charge in [-0.25, -0.2) is 9.18 Å². The zero-order valence-electron chi connectivity index (χ0n) is 16.4. The van der Waals surface area contributed by atoms with E-state index < -0.39 is 11.6 Å². The molecule has 1 spiro atoms. The molecule has 1 aromatic heterocycles. The van der Waals surface area contributed by atoms with E-state index in [0.717, 1.165) is 0 Å². The summed E-state index contributed by atoms with van der Waals surface area (Å²) in [6, 6.07) is 8.78. The Balaban J connectivity index is 1.47. The topological polar surface area (TPSA) is 84.0 Å². The molecule has 2 aromatic rings. The van der Waals surface area contributed by atoms with Crippen molar-refractivity contribution in [2.45, 2.75) is 12.2 Å². The Hall–Kier alpha value is -3.04. The van der Waals surface area contributed by atoms with Gasteiger partial charge in [0.2, 0.25) is 5.79 Å². The first kappa shape index (κ1) is 20.2. The number of carbonyl (C=O) groups excluding carboxylic acids is 2. The summed E-state index contributed by atoms with van der Waals surface area (Å²) in [7, 11) is 0. The SMILES string of the molecule is O=C(Nc1cccc(F)c1)N1CCCOC2(C1)CN(C(=O)c1cccnc1)CCO2. The summed E-state index contributed by atoms with van der Waals surface area (Å²) < 4.78 is 25.3. The molecule has 1 atom stereocenters. The molecule has 0 radical (unpaired) electrons. The summed E-state index contributed by atoms with van der Waals surface area (Å²) in [5, 5.41) is 2.71. The van der Waals surface area contributed by atoms with E-state index in [0.29, 0.717) is 44.0 Å². The summed E-state index contributed by atoms with van der Waals surface area (Å²) in [4.78, 5) is 32.9. The van der Waals surface area contributed by atoms with E-state index in [1.807, 2.05) is 0 Å². The van der Waals surface area contributed by atoms with Crippen LogP contribution in [0.15, 0.2) is 48.8 Å². The molecule has 4 rings (SSSR count). The number of hydrogen-bond donors (Lipinski definition) is 1. The van der Waals surface area contributed by atoms with Crippen LogP contribution in [0.25, 0.3) is 0 Å². The fourth-order valence-corrected chi connectivity index (χ4v) is 3.66. The van der Waals surface area contributed by atoms with Gasteiger partial charge in [-0.1, -0.05) is 6.07 Å². The van der Waals surface area contributed by atoms with E-state index >= 15 is 0 Å². The average Bonchev–Trinajstić information content (AvgIpc) is 2.96. The van der Waals surface area contributed by atoms with Gasteiger partial charge in [-0.05, 0) is 36.8 Å². The van der Waals surface area contributed by atoms with E-state index in [4.69, 9.17) is 9.47 Å². The molecule has 3 amide bonds. The molecular weight excluding hydrogens is 391 g/mol. The Morgan fingerprint density at radius 3 is 2.70 bits per heavy atom. The lowest BCUT2D eigenvalue weighted by Crippen LogP contribution is -2.60. The van der Waals surface area contributed by atoms with Gasteiger partial charge in [0.25, 0.3) is 5.91 Å². The number of amides is 3. The van der Waals surface area contributed by atoms with Crippen LogP contribution in [0.4, 0.5) is 14.9 Å². The highest BCUT2D eigenvalue weighted by Crippen LogP contribution is 2.26. The molecular formula is C21H23FN4O4. The van der Waals surface area contributed by atoms with Gasteiger partial charge in [0.1, 0.15) is 5.82 Å². The van der Waals surface area contributed by atoms with Crippen LogP contribution in [0, 0.1) is 5.82 Å². The number of morpholine rings is 1. The molecule has 2 aliphatic heterocycles. The summed E-state index contributed by atoms with van der Waals surface area (Å²) in [5.74, 6) is -1.69. The van der Waals surface area contributed by atoms with E-state index in [1.54, 1.807) is 34.2 Å². The van der Waals surface area contributed by atoms with E-state index in [9.17, 15) is 14.0 Å². The molecule has 8 nitrogen and oxygen atoms in total. The highest BCUT2D eigenvalue weighted by Gasteiger charge is 2.43. The van der Waals surface area contributed by atoms with Crippen molar-refractivity contribution in [1.29, 1.82) is 0 Å². The minimum atomic E-state index is -1.11. The monoisotopic (exact) mass is 414 g/mol. The smallest absolute Gasteiger partial charge is 0.322 e. The number of pyridine rings is 1. The van der Waals surface area contributed by atoms with E-state index in [-0.39, 0.29) is 25.0 Å². The summed E-state index contributed by atoms with van der Waals surface area (Å²) in [5.41, 5.74) is 0.862. The first-order valence-corrected chi connectivity index (χ1v) is 9.83. The molecule has 1 unspecified atom stereocenters. The predicted octanol–water partition coefficient (Wildman–Crippen LogP) is 2.34. The van der Waals surface area contributed by atoms with Gasteiger partial charge in [-0.15, -0.1) is 0 Å². The quantitative estimate of drug-likeness (QED) is 0.816. The molecule has 2 saturated heterocycles. The average molecular weight is 414 g/mol.